The summed E-state index contributed by atoms with van der Waals surface area (Å²) < 4.78 is 0. The van der Waals surface area contributed by atoms with Crippen molar-refractivity contribution in [2.75, 3.05) is 13.1 Å². The first kappa shape index (κ1) is 12.1. The highest BCUT2D eigenvalue weighted by Crippen LogP contribution is 2.15. The summed E-state index contributed by atoms with van der Waals surface area (Å²) in [7, 11) is 0. The van der Waals surface area contributed by atoms with E-state index in [0.29, 0.717) is 13.1 Å². The van der Waals surface area contributed by atoms with Crippen LogP contribution in [0.2, 0.25) is 5.02 Å². The highest BCUT2D eigenvalue weighted by atomic mass is 35.5. The second-order valence-corrected chi connectivity index (χ2v) is 3.58. The van der Waals surface area contributed by atoms with E-state index >= 15 is 0 Å². The number of hydrogen-bond donors (Lipinski definition) is 2. The summed E-state index contributed by atoms with van der Waals surface area (Å²) in [6.45, 7) is 3.02. The first-order valence-electron chi connectivity index (χ1n) is 4.86. The van der Waals surface area contributed by atoms with E-state index < -0.39 is 0 Å². The van der Waals surface area contributed by atoms with Crippen molar-refractivity contribution in [1.29, 1.82) is 0 Å². The van der Waals surface area contributed by atoms with Crippen LogP contribution < -0.4 is 11.1 Å². The molecule has 0 amide bonds. The van der Waals surface area contributed by atoms with Crippen LogP contribution in [0.4, 0.5) is 0 Å². The predicted molar refractivity (Wildman–Crippen MR) is 64.7 cm³/mol. The van der Waals surface area contributed by atoms with Gasteiger partial charge in [0.1, 0.15) is 0 Å². The van der Waals surface area contributed by atoms with Crippen molar-refractivity contribution in [3.8, 4) is 11.8 Å². The molecule has 3 N–H and O–H groups in total. The zero-order valence-electron chi connectivity index (χ0n) is 8.76. The van der Waals surface area contributed by atoms with Crippen LogP contribution in [0.5, 0.6) is 0 Å². The van der Waals surface area contributed by atoms with Gasteiger partial charge < -0.3 is 5.73 Å². The van der Waals surface area contributed by atoms with Crippen molar-refractivity contribution in [1.82, 2.24) is 5.32 Å². The monoisotopic (exact) mass is 222 g/mol. The number of benzene rings is 1. The molecule has 2 nitrogen and oxygen atoms in total. The zero-order chi connectivity index (χ0) is 11.1. The predicted octanol–water partition coefficient (Wildman–Crippen LogP) is 1.95. The van der Waals surface area contributed by atoms with E-state index in [-0.39, 0.29) is 6.04 Å². The van der Waals surface area contributed by atoms with Crippen LogP contribution in [0.1, 0.15) is 18.5 Å². The van der Waals surface area contributed by atoms with Crippen molar-refractivity contribution in [2.24, 2.45) is 5.73 Å². The van der Waals surface area contributed by atoms with Crippen molar-refractivity contribution in [2.45, 2.75) is 13.0 Å². The van der Waals surface area contributed by atoms with Crippen LogP contribution in [-0.4, -0.2) is 13.1 Å². The van der Waals surface area contributed by atoms with Gasteiger partial charge in [-0.05, 0) is 24.6 Å². The van der Waals surface area contributed by atoms with E-state index in [9.17, 15) is 0 Å². The molecule has 80 valence electrons. The Morgan fingerprint density at radius 3 is 2.60 bits per heavy atom. The van der Waals surface area contributed by atoms with Gasteiger partial charge in [-0.15, -0.1) is 5.92 Å². The SMILES string of the molecule is CC#CCNC(CN)c1ccc(Cl)cc1. The molecule has 1 atom stereocenters. The Kier molecular flexibility index (Phi) is 5.20. The van der Waals surface area contributed by atoms with Crippen LogP contribution >= 0.6 is 11.6 Å². The van der Waals surface area contributed by atoms with E-state index in [2.05, 4.69) is 17.2 Å². The number of rotatable bonds is 4. The number of halogens is 1. The third-order valence-electron chi connectivity index (χ3n) is 2.12. The average Bonchev–Trinajstić information content (AvgIpc) is 2.26. The maximum Gasteiger partial charge on any atom is 0.0581 e. The van der Waals surface area contributed by atoms with E-state index in [4.69, 9.17) is 17.3 Å². The van der Waals surface area contributed by atoms with Crippen molar-refractivity contribution < 1.29 is 0 Å². The fraction of sp³-hybridized carbons (Fsp3) is 0.333. The van der Waals surface area contributed by atoms with Gasteiger partial charge >= 0.3 is 0 Å². The molecule has 1 unspecified atom stereocenters. The lowest BCUT2D eigenvalue weighted by Gasteiger charge is -2.15. The Bertz CT molecular complexity index is 348. The molecule has 0 saturated heterocycles. The molecule has 0 saturated carbocycles. The molecular weight excluding hydrogens is 208 g/mol. The quantitative estimate of drug-likeness (QED) is 0.765. The maximum absolute atomic E-state index is 5.81. The fourth-order valence-electron chi connectivity index (χ4n) is 1.29. The van der Waals surface area contributed by atoms with Crippen LogP contribution in [0.25, 0.3) is 0 Å². The molecule has 0 aliphatic carbocycles. The van der Waals surface area contributed by atoms with Crippen molar-refractivity contribution in [3.63, 3.8) is 0 Å². The molecule has 0 aromatic heterocycles. The molecule has 0 bridgehead atoms. The number of nitrogens with one attached hydrogen (secondary N) is 1. The molecule has 0 radical (unpaired) electrons. The number of nitrogens with two attached hydrogens (primary N) is 1. The van der Waals surface area contributed by atoms with Crippen LogP contribution in [0, 0.1) is 11.8 Å². The zero-order valence-corrected chi connectivity index (χ0v) is 9.51. The van der Waals surface area contributed by atoms with E-state index in [1.807, 2.05) is 31.2 Å². The van der Waals surface area contributed by atoms with Gasteiger partial charge in [0.2, 0.25) is 0 Å². The second kappa shape index (κ2) is 6.47. The number of hydrogen-bond acceptors (Lipinski definition) is 2. The minimum Gasteiger partial charge on any atom is -0.329 e. The topological polar surface area (TPSA) is 38.0 Å². The average molecular weight is 223 g/mol. The molecule has 0 aliphatic rings. The summed E-state index contributed by atoms with van der Waals surface area (Å²) in [6.07, 6.45) is 0. The fourth-order valence-corrected chi connectivity index (χ4v) is 1.42. The van der Waals surface area contributed by atoms with Gasteiger partial charge in [0.25, 0.3) is 0 Å². The summed E-state index contributed by atoms with van der Waals surface area (Å²) in [4.78, 5) is 0. The molecule has 0 spiro atoms. The van der Waals surface area contributed by atoms with Gasteiger partial charge in [-0.3, -0.25) is 5.32 Å². The lowest BCUT2D eigenvalue weighted by Crippen LogP contribution is -2.28. The molecule has 3 heteroatoms. The second-order valence-electron chi connectivity index (χ2n) is 3.15. The molecule has 1 aromatic rings. The largest absolute Gasteiger partial charge is 0.329 e. The van der Waals surface area contributed by atoms with Crippen molar-refractivity contribution in [3.05, 3.63) is 34.9 Å². The summed E-state index contributed by atoms with van der Waals surface area (Å²) >= 11 is 5.81. The molecule has 0 heterocycles. The van der Waals surface area contributed by atoms with Gasteiger partial charge in [0, 0.05) is 17.6 Å². The van der Waals surface area contributed by atoms with Gasteiger partial charge in [-0.25, -0.2) is 0 Å². The Labute approximate surface area is 95.8 Å². The van der Waals surface area contributed by atoms with Gasteiger partial charge in [0.15, 0.2) is 0 Å². The Morgan fingerprint density at radius 1 is 1.40 bits per heavy atom. The highest BCUT2D eigenvalue weighted by Gasteiger charge is 2.07. The van der Waals surface area contributed by atoms with Gasteiger partial charge in [-0.1, -0.05) is 29.7 Å². The summed E-state index contributed by atoms with van der Waals surface area (Å²) in [5.74, 6) is 5.78. The van der Waals surface area contributed by atoms with Crippen LogP contribution in [0.3, 0.4) is 0 Å². The van der Waals surface area contributed by atoms with Crippen LogP contribution in [0.15, 0.2) is 24.3 Å². The summed E-state index contributed by atoms with van der Waals surface area (Å²) in [5, 5.41) is 4.00. The molecule has 0 fully saturated rings. The first-order valence-corrected chi connectivity index (χ1v) is 5.24. The summed E-state index contributed by atoms with van der Waals surface area (Å²) in [6, 6.07) is 7.83. The van der Waals surface area contributed by atoms with E-state index in [1.54, 1.807) is 0 Å². The third-order valence-corrected chi connectivity index (χ3v) is 2.37. The Balaban J connectivity index is 2.64. The molecular formula is C12H15ClN2. The third kappa shape index (κ3) is 3.93. The van der Waals surface area contributed by atoms with Gasteiger partial charge in [0.05, 0.1) is 6.54 Å². The van der Waals surface area contributed by atoms with E-state index in [1.165, 1.54) is 0 Å². The first-order chi connectivity index (χ1) is 7.27. The molecule has 0 aliphatic heterocycles. The molecule has 15 heavy (non-hydrogen) atoms. The smallest absolute Gasteiger partial charge is 0.0581 e. The summed E-state index contributed by atoms with van der Waals surface area (Å²) in [5.41, 5.74) is 6.82. The molecule has 1 rings (SSSR count). The van der Waals surface area contributed by atoms with Crippen molar-refractivity contribution >= 4 is 11.6 Å². The normalized spacial score (nSPS) is 11.7. The molecule has 1 aromatic carbocycles. The highest BCUT2D eigenvalue weighted by molar-refractivity contribution is 6.30. The minimum absolute atomic E-state index is 0.142. The van der Waals surface area contributed by atoms with Crippen LogP contribution in [-0.2, 0) is 0 Å². The lowest BCUT2D eigenvalue weighted by molar-refractivity contribution is 0.582. The Morgan fingerprint density at radius 2 is 2.07 bits per heavy atom. The van der Waals surface area contributed by atoms with Gasteiger partial charge in [-0.2, -0.15) is 0 Å². The lowest BCUT2D eigenvalue weighted by atomic mass is 10.1. The standard InChI is InChI=1S/C12H15ClN2/c1-2-3-8-15-12(9-14)10-4-6-11(13)7-5-10/h4-7,12,15H,8-9,14H2,1H3. The Hall–Kier alpha value is -1.01. The van der Waals surface area contributed by atoms with E-state index in [0.717, 1.165) is 10.6 Å². The minimum atomic E-state index is 0.142. The maximum atomic E-state index is 5.81.